The molecule has 1 aromatic carbocycles. The number of nitrogens with zero attached hydrogens (tertiary/aromatic N) is 3. The summed E-state index contributed by atoms with van der Waals surface area (Å²) in [5.41, 5.74) is 9.73. The van der Waals surface area contributed by atoms with Crippen molar-refractivity contribution < 1.29 is 4.79 Å². The van der Waals surface area contributed by atoms with Gasteiger partial charge in [0.1, 0.15) is 0 Å². The smallest absolute Gasteiger partial charge is 0.254 e. The zero-order chi connectivity index (χ0) is 15.1. The molecule has 1 aromatic heterocycles. The van der Waals surface area contributed by atoms with Gasteiger partial charge in [0.25, 0.3) is 5.91 Å². The van der Waals surface area contributed by atoms with E-state index in [0.717, 1.165) is 23.5 Å². The van der Waals surface area contributed by atoms with E-state index in [9.17, 15) is 4.79 Å². The number of halogens is 1. The van der Waals surface area contributed by atoms with Crippen LogP contribution in [0, 0.1) is 6.92 Å². The maximum Gasteiger partial charge on any atom is 0.254 e. The van der Waals surface area contributed by atoms with Crippen molar-refractivity contribution >= 4 is 23.2 Å². The van der Waals surface area contributed by atoms with Gasteiger partial charge < -0.3 is 10.6 Å². The van der Waals surface area contributed by atoms with Crippen molar-refractivity contribution in [3.8, 4) is 0 Å². The van der Waals surface area contributed by atoms with Crippen LogP contribution in [0.25, 0.3) is 0 Å². The van der Waals surface area contributed by atoms with E-state index in [2.05, 4.69) is 5.10 Å². The maximum atomic E-state index is 12.5. The Morgan fingerprint density at radius 1 is 1.43 bits per heavy atom. The van der Waals surface area contributed by atoms with E-state index in [-0.39, 0.29) is 5.91 Å². The summed E-state index contributed by atoms with van der Waals surface area (Å²) < 4.78 is 1.85. The molecule has 0 saturated heterocycles. The second kappa shape index (κ2) is 5.07. The van der Waals surface area contributed by atoms with Gasteiger partial charge in [0.2, 0.25) is 0 Å². The highest BCUT2D eigenvalue weighted by Crippen LogP contribution is 2.28. The molecular formula is C15H17ClN4O. The fraction of sp³-hybridized carbons (Fsp3) is 0.333. The summed E-state index contributed by atoms with van der Waals surface area (Å²) in [6.07, 6.45) is 0. The number of nitrogen functional groups attached to an aromatic ring is 1. The Balaban J connectivity index is 1.90. The molecule has 3 rings (SSSR count). The van der Waals surface area contributed by atoms with E-state index in [1.165, 1.54) is 0 Å². The first-order valence-corrected chi connectivity index (χ1v) is 7.28. The SMILES string of the molecule is CCn1nc(C)c(Cl)c1CN1Cc2ccc(N)cc2C1=O. The van der Waals surface area contributed by atoms with Gasteiger partial charge in [-0.3, -0.25) is 9.48 Å². The number of hydrogen-bond donors (Lipinski definition) is 1. The number of aryl methyl sites for hydroxylation is 2. The molecule has 6 heteroatoms. The third-order valence-corrected chi connectivity index (χ3v) is 4.30. The predicted molar refractivity (Wildman–Crippen MR) is 82.1 cm³/mol. The number of carbonyl (C=O) groups is 1. The lowest BCUT2D eigenvalue weighted by Crippen LogP contribution is -2.25. The van der Waals surface area contributed by atoms with Crippen LogP contribution in [0.2, 0.25) is 5.02 Å². The molecule has 0 aliphatic carbocycles. The molecule has 0 radical (unpaired) electrons. The van der Waals surface area contributed by atoms with Crippen molar-refractivity contribution in [2.24, 2.45) is 0 Å². The standard InChI is InChI=1S/C15H17ClN4O/c1-3-20-13(14(16)9(2)18-20)8-19-7-10-4-5-11(17)6-12(10)15(19)21/h4-6H,3,7-8,17H2,1-2H3. The van der Waals surface area contributed by atoms with Crippen LogP contribution < -0.4 is 5.73 Å². The van der Waals surface area contributed by atoms with Crippen LogP contribution in [0.1, 0.15) is 34.2 Å². The Morgan fingerprint density at radius 3 is 2.90 bits per heavy atom. The van der Waals surface area contributed by atoms with Crippen molar-refractivity contribution in [1.29, 1.82) is 0 Å². The number of benzene rings is 1. The highest BCUT2D eigenvalue weighted by atomic mass is 35.5. The fourth-order valence-corrected chi connectivity index (χ4v) is 2.90. The number of amides is 1. The number of rotatable bonds is 3. The zero-order valence-electron chi connectivity index (χ0n) is 12.1. The van der Waals surface area contributed by atoms with Crippen LogP contribution >= 0.6 is 11.6 Å². The zero-order valence-corrected chi connectivity index (χ0v) is 12.8. The Labute approximate surface area is 128 Å². The van der Waals surface area contributed by atoms with Crippen LogP contribution in [0.3, 0.4) is 0 Å². The minimum atomic E-state index is -0.00475. The Hall–Kier alpha value is -2.01. The molecule has 1 aliphatic heterocycles. The summed E-state index contributed by atoms with van der Waals surface area (Å²) in [4.78, 5) is 14.2. The summed E-state index contributed by atoms with van der Waals surface area (Å²) >= 11 is 6.31. The summed E-state index contributed by atoms with van der Waals surface area (Å²) in [7, 11) is 0. The average Bonchev–Trinajstić information content (AvgIpc) is 2.91. The molecule has 0 unspecified atom stereocenters. The van der Waals surface area contributed by atoms with Gasteiger partial charge in [0.05, 0.1) is 23.0 Å². The number of nitrogens with two attached hydrogens (primary N) is 1. The van der Waals surface area contributed by atoms with E-state index >= 15 is 0 Å². The van der Waals surface area contributed by atoms with Crippen LogP contribution in [-0.2, 0) is 19.6 Å². The lowest BCUT2D eigenvalue weighted by atomic mass is 10.1. The second-order valence-corrected chi connectivity index (χ2v) is 5.62. The van der Waals surface area contributed by atoms with Gasteiger partial charge in [-0.2, -0.15) is 5.10 Å². The van der Waals surface area contributed by atoms with E-state index in [0.29, 0.717) is 29.4 Å². The molecule has 5 nitrogen and oxygen atoms in total. The van der Waals surface area contributed by atoms with Gasteiger partial charge in [0.15, 0.2) is 0 Å². The van der Waals surface area contributed by atoms with E-state index in [4.69, 9.17) is 17.3 Å². The molecular weight excluding hydrogens is 288 g/mol. The minimum absolute atomic E-state index is 0.00475. The number of aromatic nitrogens is 2. The number of fused-ring (bicyclic) bond motifs is 1. The average molecular weight is 305 g/mol. The van der Waals surface area contributed by atoms with Crippen LogP contribution in [0.15, 0.2) is 18.2 Å². The first kappa shape index (κ1) is 13.9. The van der Waals surface area contributed by atoms with Crippen molar-refractivity contribution in [3.63, 3.8) is 0 Å². The van der Waals surface area contributed by atoms with E-state index < -0.39 is 0 Å². The molecule has 110 valence electrons. The molecule has 2 heterocycles. The van der Waals surface area contributed by atoms with Crippen molar-refractivity contribution in [3.05, 3.63) is 45.7 Å². The normalized spacial score (nSPS) is 13.9. The quantitative estimate of drug-likeness (QED) is 0.887. The topological polar surface area (TPSA) is 64.2 Å². The van der Waals surface area contributed by atoms with Crippen LogP contribution in [0.5, 0.6) is 0 Å². The molecule has 0 atom stereocenters. The highest BCUT2D eigenvalue weighted by molar-refractivity contribution is 6.31. The second-order valence-electron chi connectivity index (χ2n) is 5.24. The lowest BCUT2D eigenvalue weighted by molar-refractivity contribution is 0.0762. The molecule has 0 bridgehead atoms. The molecule has 1 aliphatic rings. The summed E-state index contributed by atoms with van der Waals surface area (Å²) in [5, 5.41) is 5.02. The molecule has 2 N–H and O–H groups in total. The predicted octanol–water partition coefficient (Wildman–Crippen LogP) is 2.60. The molecule has 0 fully saturated rings. The lowest BCUT2D eigenvalue weighted by Gasteiger charge is -2.16. The van der Waals surface area contributed by atoms with Crippen molar-refractivity contribution in [2.75, 3.05) is 5.73 Å². The van der Waals surface area contributed by atoms with Gasteiger partial charge >= 0.3 is 0 Å². The summed E-state index contributed by atoms with van der Waals surface area (Å²) in [6.45, 7) is 5.65. The number of anilines is 1. The molecule has 0 saturated carbocycles. The van der Waals surface area contributed by atoms with Gasteiger partial charge in [-0.05, 0) is 31.5 Å². The Kier molecular flexibility index (Phi) is 3.37. The number of carbonyl (C=O) groups excluding carboxylic acids is 1. The largest absolute Gasteiger partial charge is 0.399 e. The minimum Gasteiger partial charge on any atom is -0.399 e. The van der Waals surface area contributed by atoms with E-state index in [1.807, 2.05) is 30.7 Å². The summed E-state index contributed by atoms with van der Waals surface area (Å²) in [6, 6.07) is 5.47. The first-order valence-electron chi connectivity index (χ1n) is 6.90. The molecule has 2 aromatic rings. The Bertz CT molecular complexity index is 723. The van der Waals surface area contributed by atoms with Gasteiger partial charge in [-0.15, -0.1) is 0 Å². The highest BCUT2D eigenvalue weighted by Gasteiger charge is 2.29. The van der Waals surface area contributed by atoms with Gasteiger partial charge in [0, 0.05) is 24.3 Å². The third kappa shape index (κ3) is 2.27. The maximum absolute atomic E-state index is 12.5. The van der Waals surface area contributed by atoms with Crippen LogP contribution in [-0.4, -0.2) is 20.6 Å². The first-order chi connectivity index (χ1) is 10.0. The van der Waals surface area contributed by atoms with E-state index in [1.54, 1.807) is 11.0 Å². The van der Waals surface area contributed by atoms with Crippen molar-refractivity contribution in [1.82, 2.24) is 14.7 Å². The molecule has 1 amide bonds. The summed E-state index contributed by atoms with van der Waals surface area (Å²) in [5.74, 6) is -0.00475. The third-order valence-electron chi connectivity index (χ3n) is 3.81. The van der Waals surface area contributed by atoms with Gasteiger partial charge in [-0.1, -0.05) is 17.7 Å². The Morgan fingerprint density at radius 2 is 2.19 bits per heavy atom. The molecule has 21 heavy (non-hydrogen) atoms. The monoisotopic (exact) mass is 304 g/mol. The van der Waals surface area contributed by atoms with Crippen molar-refractivity contribution in [2.45, 2.75) is 33.5 Å². The van der Waals surface area contributed by atoms with Crippen LogP contribution in [0.4, 0.5) is 5.69 Å². The fourth-order valence-electron chi connectivity index (χ4n) is 2.71. The number of hydrogen-bond acceptors (Lipinski definition) is 3. The van der Waals surface area contributed by atoms with Gasteiger partial charge in [-0.25, -0.2) is 0 Å². The molecule has 0 spiro atoms.